The normalized spacial score (nSPS) is 18.3. The van der Waals surface area contributed by atoms with Crippen LogP contribution in [0.3, 0.4) is 0 Å². The van der Waals surface area contributed by atoms with Crippen molar-refractivity contribution in [3.05, 3.63) is 29.8 Å². The van der Waals surface area contributed by atoms with Gasteiger partial charge in [-0.3, -0.25) is 4.79 Å². The van der Waals surface area contributed by atoms with Gasteiger partial charge in [-0.15, -0.1) is 11.8 Å². The van der Waals surface area contributed by atoms with E-state index in [9.17, 15) is 18.8 Å². The summed E-state index contributed by atoms with van der Waals surface area (Å²) in [4.78, 5) is 12.8. The minimum absolute atomic E-state index is 0.252. The highest BCUT2D eigenvalue weighted by atomic mass is 32.2. The molecule has 0 radical (unpaired) electrons. The predicted molar refractivity (Wildman–Crippen MR) is 81.2 cm³/mol. The average molecular weight is 324 g/mol. The fourth-order valence-corrected chi connectivity index (χ4v) is 3.46. The smallest absolute Gasteiger partial charge is 0.234 e. The van der Waals surface area contributed by atoms with Gasteiger partial charge in [0.2, 0.25) is 5.91 Å². The lowest BCUT2D eigenvalue weighted by molar-refractivity contribution is -0.121. The summed E-state index contributed by atoms with van der Waals surface area (Å²) in [7, 11) is 0. The first-order valence-corrected chi connectivity index (χ1v) is 8.19. The van der Waals surface area contributed by atoms with E-state index in [2.05, 4.69) is 11.4 Å². The van der Waals surface area contributed by atoms with E-state index in [1.807, 2.05) is 0 Å². The Hall–Kier alpha value is -1.61. The number of rotatable bonds is 4. The number of hydrogen-bond donors (Lipinski definition) is 1. The van der Waals surface area contributed by atoms with Gasteiger partial charge in [0.05, 0.1) is 11.3 Å². The minimum Gasteiger partial charge on any atom is -0.337 e. The molecule has 1 aromatic rings. The van der Waals surface area contributed by atoms with Crippen LogP contribution in [0.5, 0.6) is 0 Å². The molecule has 22 heavy (non-hydrogen) atoms. The van der Waals surface area contributed by atoms with E-state index in [4.69, 9.17) is 0 Å². The van der Waals surface area contributed by atoms with Crippen molar-refractivity contribution in [3.63, 3.8) is 0 Å². The third-order valence-electron chi connectivity index (χ3n) is 3.86. The molecule has 0 aliphatic heterocycles. The molecule has 1 aromatic carbocycles. The third-order valence-corrected chi connectivity index (χ3v) is 4.95. The Bertz CT molecular complexity index is 594. The largest absolute Gasteiger partial charge is 0.337 e. The predicted octanol–water partition coefficient (Wildman–Crippen LogP) is 3.79. The first-order valence-electron chi connectivity index (χ1n) is 7.31. The van der Waals surface area contributed by atoms with Crippen LogP contribution in [0.15, 0.2) is 23.1 Å². The highest BCUT2D eigenvalue weighted by Gasteiger charge is 2.34. The monoisotopic (exact) mass is 324 g/mol. The van der Waals surface area contributed by atoms with Gasteiger partial charge in [0, 0.05) is 4.90 Å². The molecule has 0 heterocycles. The molecule has 3 nitrogen and oxygen atoms in total. The Kier molecular flexibility index (Phi) is 5.41. The fraction of sp³-hybridized carbons (Fsp3) is 0.500. The van der Waals surface area contributed by atoms with E-state index in [0.29, 0.717) is 17.7 Å². The zero-order valence-electron chi connectivity index (χ0n) is 12.4. The molecule has 6 heteroatoms. The van der Waals surface area contributed by atoms with Crippen LogP contribution in [0, 0.1) is 23.0 Å². The Morgan fingerprint density at radius 2 is 2.00 bits per heavy atom. The van der Waals surface area contributed by atoms with Crippen molar-refractivity contribution in [1.82, 2.24) is 5.32 Å². The highest BCUT2D eigenvalue weighted by molar-refractivity contribution is 8.00. The number of carbonyl (C=O) groups is 1. The molecule has 0 bridgehead atoms. The molecule has 0 aromatic heterocycles. The molecule has 1 fully saturated rings. The number of hydrogen-bond acceptors (Lipinski definition) is 3. The molecule has 1 aliphatic rings. The quantitative estimate of drug-likeness (QED) is 0.857. The SMILES string of the molecule is C[C@@H](Sc1ccc(F)c(F)c1)C(=O)NC1(C#N)CCCCC1. The van der Waals surface area contributed by atoms with E-state index in [0.717, 1.165) is 43.2 Å². The Balaban J connectivity index is 1.99. The van der Waals surface area contributed by atoms with E-state index in [1.165, 1.54) is 6.07 Å². The molecule has 1 saturated carbocycles. The van der Waals surface area contributed by atoms with Gasteiger partial charge in [-0.1, -0.05) is 19.3 Å². The van der Waals surface area contributed by atoms with Crippen LogP contribution >= 0.6 is 11.8 Å². The van der Waals surface area contributed by atoms with Gasteiger partial charge in [-0.2, -0.15) is 5.26 Å². The summed E-state index contributed by atoms with van der Waals surface area (Å²) in [6, 6.07) is 5.79. The van der Waals surface area contributed by atoms with Gasteiger partial charge in [0.25, 0.3) is 0 Å². The molecule has 0 unspecified atom stereocenters. The molecule has 1 N–H and O–H groups in total. The number of carbonyl (C=O) groups excluding carboxylic acids is 1. The van der Waals surface area contributed by atoms with E-state index in [-0.39, 0.29) is 5.91 Å². The topological polar surface area (TPSA) is 52.9 Å². The summed E-state index contributed by atoms with van der Waals surface area (Å²) >= 11 is 1.14. The second-order valence-electron chi connectivity index (χ2n) is 5.58. The molecule has 118 valence electrons. The molecule has 1 atom stereocenters. The van der Waals surface area contributed by atoms with Crippen molar-refractivity contribution < 1.29 is 13.6 Å². The van der Waals surface area contributed by atoms with Crippen molar-refractivity contribution >= 4 is 17.7 Å². The van der Waals surface area contributed by atoms with Crippen LogP contribution in [-0.2, 0) is 4.79 Å². The van der Waals surface area contributed by atoms with Crippen molar-refractivity contribution in [3.8, 4) is 6.07 Å². The molecule has 0 spiro atoms. The van der Waals surface area contributed by atoms with E-state index in [1.54, 1.807) is 6.92 Å². The average Bonchev–Trinajstić information content (AvgIpc) is 2.51. The van der Waals surface area contributed by atoms with Crippen LogP contribution in [-0.4, -0.2) is 16.7 Å². The van der Waals surface area contributed by atoms with Gasteiger partial charge in [0.1, 0.15) is 5.54 Å². The third kappa shape index (κ3) is 3.98. The van der Waals surface area contributed by atoms with Gasteiger partial charge >= 0.3 is 0 Å². The van der Waals surface area contributed by atoms with Crippen molar-refractivity contribution in [2.75, 3.05) is 0 Å². The highest BCUT2D eigenvalue weighted by Crippen LogP contribution is 2.29. The molecule has 1 amide bonds. The molecular weight excluding hydrogens is 306 g/mol. The maximum Gasteiger partial charge on any atom is 0.234 e. The number of amides is 1. The van der Waals surface area contributed by atoms with Crippen LogP contribution in [0.2, 0.25) is 0 Å². The van der Waals surface area contributed by atoms with Crippen LogP contribution in [0.25, 0.3) is 0 Å². The maximum atomic E-state index is 13.2. The molecule has 0 saturated heterocycles. The summed E-state index contributed by atoms with van der Waals surface area (Å²) in [6.07, 6.45) is 4.27. The Morgan fingerprint density at radius 3 is 2.59 bits per heavy atom. The number of nitrogens with zero attached hydrogens (tertiary/aromatic N) is 1. The lowest BCUT2D eigenvalue weighted by atomic mass is 9.83. The number of nitrogens with one attached hydrogen (secondary N) is 1. The van der Waals surface area contributed by atoms with Gasteiger partial charge < -0.3 is 5.32 Å². The molecular formula is C16H18F2N2OS. The maximum absolute atomic E-state index is 13.2. The zero-order chi connectivity index (χ0) is 16.2. The lowest BCUT2D eigenvalue weighted by Gasteiger charge is -2.32. The standard InChI is InChI=1S/C16H18F2N2OS/c1-11(22-12-5-6-13(17)14(18)9-12)15(21)20-16(10-19)7-3-2-4-8-16/h5-6,9,11H,2-4,7-8H2,1H3,(H,20,21)/t11-/m1/s1. The second kappa shape index (κ2) is 7.10. The number of benzene rings is 1. The van der Waals surface area contributed by atoms with Gasteiger partial charge in [0.15, 0.2) is 11.6 Å². The second-order valence-corrected chi connectivity index (χ2v) is 6.99. The van der Waals surface area contributed by atoms with Crippen molar-refractivity contribution in [2.45, 2.75) is 54.7 Å². The molecule has 1 aliphatic carbocycles. The van der Waals surface area contributed by atoms with Crippen LogP contribution in [0.1, 0.15) is 39.0 Å². The van der Waals surface area contributed by atoms with Crippen LogP contribution < -0.4 is 5.32 Å². The summed E-state index contributed by atoms with van der Waals surface area (Å²) in [5.74, 6) is -2.09. The molecule has 2 rings (SSSR count). The first kappa shape index (κ1) is 16.8. The Labute approximate surface area is 133 Å². The fourth-order valence-electron chi connectivity index (χ4n) is 2.57. The first-order chi connectivity index (χ1) is 10.5. The summed E-state index contributed by atoms with van der Waals surface area (Å²) in [6.45, 7) is 1.69. The lowest BCUT2D eigenvalue weighted by Crippen LogP contribution is -2.50. The van der Waals surface area contributed by atoms with Gasteiger partial charge in [-0.05, 0) is 38.0 Å². The number of halogens is 2. The summed E-state index contributed by atoms with van der Waals surface area (Å²) < 4.78 is 26.1. The number of nitriles is 1. The summed E-state index contributed by atoms with van der Waals surface area (Å²) in [5, 5.41) is 11.7. The van der Waals surface area contributed by atoms with Crippen molar-refractivity contribution in [2.24, 2.45) is 0 Å². The van der Waals surface area contributed by atoms with Crippen LogP contribution in [0.4, 0.5) is 8.78 Å². The van der Waals surface area contributed by atoms with E-state index < -0.39 is 22.4 Å². The Morgan fingerprint density at radius 1 is 1.32 bits per heavy atom. The van der Waals surface area contributed by atoms with E-state index >= 15 is 0 Å². The zero-order valence-corrected chi connectivity index (χ0v) is 13.2. The van der Waals surface area contributed by atoms with Crippen molar-refractivity contribution in [1.29, 1.82) is 5.26 Å². The minimum atomic E-state index is -0.932. The van der Waals surface area contributed by atoms with Gasteiger partial charge in [-0.25, -0.2) is 8.78 Å². The number of thioether (sulfide) groups is 1. The summed E-state index contributed by atoms with van der Waals surface area (Å²) in [5.41, 5.74) is -0.780.